The summed E-state index contributed by atoms with van der Waals surface area (Å²) in [5.74, 6) is 0. The van der Waals surface area contributed by atoms with Gasteiger partial charge in [-0.25, -0.2) is 13.2 Å². The molecule has 0 saturated carbocycles. The normalized spacial score (nSPS) is 11.6. The average molecular weight is 238 g/mol. The molecule has 2 rings (SSSR count). The van der Waals surface area contributed by atoms with E-state index in [1.807, 2.05) is 0 Å². The van der Waals surface area contributed by atoms with E-state index in [1.54, 1.807) is 12.1 Å². The first-order valence-electron chi connectivity index (χ1n) is 4.55. The third-order valence-electron chi connectivity index (χ3n) is 2.19. The fourth-order valence-corrected chi connectivity index (χ4v) is 2.00. The van der Waals surface area contributed by atoms with Gasteiger partial charge in [0.05, 0.1) is 10.6 Å². The van der Waals surface area contributed by atoms with Crippen LogP contribution in [0.5, 0.6) is 0 Å². The van der Waals surface area contributed by atoms with E-state index in [0.29, 0.717) is 5.69 Å². The van der Waals surface area contributed by atoms with Crippen molar-refractivity contribution in [1.29, 1.82) is 0 Å². The van der Waals surface area contributed by atoms with E-state index >= 15 is 0 Å². The van der Waals surface area contributed by atoms with Crippen molar-refractivity contribution in [3.63, 3.8) is 0 Å². The maximum atomic E-state index is 11.2. The zero-order chi connectivity index (χ0) is 11.8. The molecule has 84 valence electrons. The highest BCUT2D eigenvalue weighted by Gasteiger charge is 2.07. The van der Waals surface area contributed by atoms with Crippen LogP contribution in [-0.4, -0.2) is 24.6 Å². The lowest BCUT2D eigenvalue weighted by atomic mass is 10.2. The van der Waals surface area contributed by atoms with Crippen molar-refractivity contribution in [1.82, 2.24) is 9.97 Å². The molecule has 1 aromatic carbocycles. The van der Waals surface area contributed by atoms with Crippen molar-refractivity contribution in [3.8, 4) is 11.3 Å². The highest BCUT2D eigenvalue weighted by atomic mass is 32.2. The molecule has 6 heteroatoms. The van der Waals surface area contributed by atoms with Crippen molar-refractivity contribution in [2.24, 2.45) is 0 Å². The molecule has 5 nitrogen and oxygen atoms in total. The summed E-state index contributed by atoms with van der Waals surface area (Å²) in [5.41, 5.74) is 1.10. The second-order valence-corrected chi connectivity index (χ2v) is 5.47. The van der Waals surface area contributed by atoms with Crippen LogP contribution in [0.2, 0.25) is 0 Å². The second-order valence-electron chi connectivity index (χ2n) is 3.45. The van der Waals surface area contributed by atoms with Gasteiger partial charge >= 0.3 is 5.69 Å². The van der Waals surface area contributed by atoms with Crippen LogP contribution in [0.25, 0.3) is 11.3 Å². The first-order valence-corrected chi connectivity index (χ1v) is 6.44. The summed E-state index contributed by atoms with van der Waals surface area (Å²) in [4.78, 5) is 16.2. The minimum atomic E-state index is -3.18. The third kappa shape index (κ3) is 2.06. The van der Waals surface area contributed by atoms with Crippen molar-refractivity contribution < 1.29 is 8.42 Å². The minimum Gasteiger partial charge on any atom is -0.312 e. The van der Waals surface area contributed by atoms with Crippen molar-refractivity contribution in [2.75, 3.05) is 6.26 Å². The summed E-state index contributed by atoms with van der Waals surface area (Å²) in [6.07, 6.45) is 2.69. The topological polar surface area (TPSA) is 82.8 Å². The molecule has 1 heterocycles. The largest absolute Gasteiger partial charge is 0.323 e. The predicted molar refractivity (Wildman–Crippen MR) is 60.0 cm³/mol. The van der Waals surface area contributed by atoms with Crippen molar-refractivity contribution >= 4 is 9.84 Å². The van der Waals surface area contributed by atoms with Gasteiger partial charge in [-0.2, -0.15) is 0 Å². The van der Waals surface area contributed by atoms with Gasteiger partial charge in [-0.3, -0.25) is 0 Å². The number of rotatable bonds is 2. The maximum absolute atomic E-state index is 11.2. The zero-order valence-electron chi connectivity index (χ0n) is 8.52. The predicted octanol–water partition coefficient (Wildman–Crippen LogP) is 0.774. The van der Waals surface area contributed by atoms with E-state index in [4.69, 9.17) is 0 Å². The number of benzene rings is 1. The molecule has 16 heavy (non-hydrogen) atoms. The fourth-order valence-electron chi connectivity index (χ4n) is 1.37. The molecule has 0 aliphatic rings. The van der Waals surface area contributed by atoms with E-state index in [0.717, 1.165) is 11.8 Å². The molecular formula is C10H10N2O3S. The molecule has 0 atom stereocenters. The Morgan fingerprint density at radius 2 is 1.75 bits per heavy atom. The quantitative estimate of drug-likeness (QED) is 0.810. The first kappa shape index (κ1) is 10.7. The van der Waals surface area contributed by atoms with Gasteiger partial charge in [0.2, 0.25) is 0 Å². The molecule has 0 saturated heterocycles. The maximum Gasteiger partial charge on any atom is 0.323 e. The number of sulfone groups is 1. The van der Waals surface area contributed by atoms with Crippen LogP contribution in [0.4, 0.5) is 0 Å². The molecular weight excluding hydrogens is 228 g/mol. The summed E-state index contributed by atoms with van der Waals surface area (Å²) in [5, 5.41) is 0. The second kappa shape index (κ2) is 3.64. The summed E-state index contributed by atoms with van der Waals surface area (Å²) >= 11 is 0. The molecule has 0 aliphatic carbocycles. The lowest BCUT2D eigenvalue weighted by Gasteiger charge is -2.00. The Hall–Kier alpha value is -1.82. The van der Waals surface area contributed by atoms with E-state index in [-0.39, 0.29) is 10.6 Å². The summed E-state index contributed by atoms with van der Waals surface area (Å²) in [6, 6.07) is 6.32. The summed E-state index contributed by atoms with van der Waals surface area (Å²) in [6.45, 7) is 0. The highest BCUT2D eigenvalue weighted by Crippen LogP contribution is 2.17. The van der Waals surface area contributed by atoms with E-state index in [1.165, 1.54) is 18.3 Å². The van der Waals surface area contributed by atoms with Crippen molar-refractivity contribution in [2.45, 2.75) is 4.90 Å². The Morgan fingerprint density at radius 3 is 2.19 bits per heavy atom. The lowest BCUT2D eigenvalue weighted by molar-refractivity contribution is 0.602. The average Bonchev–Trinajstić information content (AvgIpc) is 2.64. The molecule has 0 radical (unpaired) electrons. The summed E-state index contributed by atoms with van der Waals surface area (Å²) in [7, 11) is -3.18. The first-order chi connectivity index (χ1) is 7.47. The molecule has 0 spiro atoms. The number of H-pyrrole nitrogens is 2. The molecule has 1 aromatic heterocycles. The van der Waals surface area contributed by atoms with Gasteiger partial charge in [0.25, 0.3) is 0 Å². The van der Waals surface area contributed by atoms with E-state index in [9.17, 15) is 13.2 Å². The number of aromatic nitrogens is 2. The van der Waals surface area contributed by atoms with Gasteiger partial charge in [-0.05, 0) is 17.7 Å². The van der Waals surface area contributed by atoms with Gasteiger partial charge < -0.3 is 9.97 Å². The van der Waals surface area contributed by atoms with Crippen molar-refractivity contribution in [3.05, 3.63) is 40.9 Å². The fraction of sp³-hybridized carbons (Fsp3) is 0.100. The lowest BCUT2D eigenvalue weighted by Crippen LogP contribution is -2.00. The van der Waals surface area contributed by atoms with Crippen LogP contribution >= 0.6 is 0 Å². The Morgan fingerprint density at radius 1 is 1.12 bits per heavy atom. The van der Waals surface area contributed by atoms with Crippen LogP contribution in [0.1, 0.15) is 0 Å². The molecule has 0 fully saturated rings. The van der Waals surface area contributed by atoms with E-state index < -0.39 is 9.84 Å². The zero-order valence-corrected chi connectivity index (χ0v) is 9.34. The van der Waals surface area contributed by atoms with Crippen LogP contribution in [-0.2, 0) is 9.84 Å². The Balaban J connectivity index is 2.44. The Bertz CT molecular complexity index is 650. The number of imidazole rings is 1. The molecule has 0 bridgehead atoms. The SMILES string of the molecule is CS(=O)(=O)c1ccc(-c2c[nH]c(=O)[nH]2)cc1. The minimum absolute atomic E-state index is 0.258. The molecule has 0 amide bonds. The van der Waals surface area contributed by atoms with Gasteiger partial charge in [0.1, 0.15) is 0 Å². The monoisotopic (exact) mass is 238 g/mol. The van der Waals surface area contributed by atoms with E-state index in [2.05, 4.69) is 9.97 Å². The van der Waals surface area contributed by atoms with Crippen LogP contribution in [0.15, 0.2) is 40.2 Å². The third-order valence-corrected chi connectivity index (χ3v) is 3.32. The Labute approximate surface area is 92.1 Å². The molecule has 2 N–H and O–H groups in total. The van der Waals surface area contributed by atoms with Gasteiger partial charge in [-0.15, -0.1) is 0 Å². The number of hydrogen-bond donors (Lipinski definition) is 2. The van der Waals surface area contributed by atoms with Gasteiger partial charge in [-0.1, -0.05) is 12.1 Å². The van der Waals surface area contributed by atoms with Crippen LogP contribution in [0.3, 0.4) is 0 Å². The van der Waals surface area contributed by atoms with Gasteiger partial charge in [0, 0.05) is 12.5 Å². The molecule has 2 aromatic rings. The van der Waals surface area contributed by atoms with Crippen LogP contribution in [0, 0.1) is 0 Å². The number of nitrogens with one attached hydrogen (secondary N) is 2. The number of hydrogen-bond acceptors (Lipinski definition) is 3. The number of aromatic amines is 2. The standard InChI is InChI=1S/C10H10N2O3S/c1-16(14,15)8-4-2-7(3-5-8)9-6-11-10(13)12-9/h2-6H,1H3,(H2,11,12,13). The summed E-state index contributed by atoms with van der Waals surface area (Å²) < 4.78 is 22.4. The highest BCUT2D eigenvalue weighted by molar-refractivity contribution is 7.90. The molecule has 0 unspecified atom stereocenters. The smallest absolute Gasteiger partial charge is 0.312 e. The molecule has 0 aliphatic heterocycles. The van der Waals surface area contributed by atoms with Gasteiger partial charge in [0.15, 0.2) is 9.84 Å². The van der Waals surface area contributed by atoms with Crippen LogP contribution < -0.4 is 5.69 Å². The Kier molecular flexibility index (Phi) is 2.43.